The summed E-state index contributed by atoms with van der Waals surface area (Å²) in [5.74, 6) is 1.53. The van der Waals surface area contributed by atoms with E-state index in [-0.39, 0.29) is 0 Å². The third-order valence-electron chi connectivity index (χ3n) is 3.01. The van der Waals surface area contributed by atoms with Crippen molar-refractivity contribution in [1.82, 2.24) is 0 Å². The zero-order valence-electron chi connectivity index (χ0n) is 6.75. The van der Waals surface area contributed by atoms with Crippen LogP contribution in [0.25, 0.3) is 0 Å². The summed E-state index contributed by atoms with van der Waals surface area (Å²) in [6.07, 6.45) is 9.96. The Labute approximate surface area is 67.5 Å². The molecule has 1 heteroatoms. The van der Waals surface area contributed by atoms with E-state index >= 15 is 0 Å². The second-order valence-electron chi connectivity index (χ2n) is 3.68. The summed E-state index contributed by atoms with van der Waals surface area (Å²) >= 11 is 0. The molecule has 1 nitrogen and oxygen atoms in total. The first-order valence-electron chi connectivity index (χ1n) is 4.58. The minimum absolute atomic E-state index is 0.390. The first kappa shape index (κ1) is 7.08. The third-order valence-corrected chi connectivity index (χ3v) is 3.01. The van der Waals surface area contributed by atoms with Gasteiger partial charge in [0.25, 0.3) is 0 Å². The molecule has 0 aromatic heterocycles. The van der Waals surface area contributed by atoms with E-state index < -0.39 is 0 Å². The van der Waals surface area contributed by atoms with Crippen LogP contribution in [0.2, 0.25) is 0 Å². The average Bonchev–Trinajstić information content (AvgIpc) is 1.90. The summed E-state index contributed by atoms with van der Waals surface area (Å²) in [5, 5.41) is 0. The Morgan fingerprint density at radius 3 is 2.64 bits per heavy atom. The molecule has 2 aliphatic rings. The zero-order chi connectivity index (χ0) is 7.68. The van der Waals surface area contributed by atoms with Gasteiger partial charge in [0.2, 0.25) is 0 Å². The molecule has 0 bridgehead atoms. The Morgan fingerprint density at radius 1 is 1.27 bits per heavy atom. The van der Waals surface area contributed by atoms with E-state index in [0.717, 1.165) is 18.8 Å². The van der Waals surface area contributed by atoms with Crippen LogP contribution in [-0.2, 0) is 4.79 Å². The summed E-state index contributed by atoms with van der Waals surface area (Å²) < 4.78 is 0. The fourth-order valence-electron chi connectivity index (χ4n) is 2.05. The average molecular weight is 150 g/mol. The maximum Gasteiger partial charge on any atom is 0.158 e. The first-order chi connectivity index (χ1) is 5.38. The van der Waals surface area contributed by atoms with Crippen LogP contribution in [0, 0.1) is 11.8 Å². The lowest BCUT2D eigenvalue weighted by Gasteiger charge is -2.33. The largest absolute Gasteiger partial charge is 0.295 e. The Morgan fingerprint density at radius 2 is 2.09 bits per heavy atom. The van der Waals surface area contributed by atoms with Gasteiger partial charge in [-0.25, -0.2) is 0 Å². The predicted octanol–water partition coefficient (Wildman–Crippen LogP) is 2.32. The normalized spacial score (nSPS) is 32.0. The molecule has 0 aromatic carbocycles. The van der Waals surface area contributed by atoms with Crippen LogP contribution in [0.5, 0.6) is 0 Å². The fraction of sp³-hybridized carbons (Fsp3) is 0.700. The SMILES string of the molecule is O=C1C=CCCC1C1CCC1. The van der Waals surface area contributed by atoms with E-state index in [2.05, 4.69) is 0 Å². The molecule has 1 unspecified atom stereocenters. The van der Waals surface area contributed by atoms with Gasteiger partial charge >= 0.3 is 0 Å². The van der Waals surface area contributed by atoms with Gasteiger partial charge in [-0.05, 0) is 37.7 Å². The van der Waals surface area contributed by atoms with Crippen LogP contribution in [0.15, 0.2) is 12.2 Å². The zero-order valence-corrected chi connectivity index (χ0v) is 6.75. The quantitative estimate of drug-likeness (QED) is 0.560. The summed E-state index contributed by atoms with van der Waals surface area (Å²) in [7, 11) is 0. The van der Waals surface area contributed by atoms with Crippen molar-refractivity contribution >= 4 is 5.78 Å². The highest BCUT2D eigenvalue weighted by atomic mass is 16.1. The summed E-state index contributed by atoms with van der Waals surface area (Å²) in [6, 6.07) is 0. The molecule has 0 spiro atoms. The summed E-state index contributed by atoms with van der Waals surface area (Å²) in [6.45, 7) is 0. The highest BCUT2D eigenvalue weighted by Gasteiger charge is 2.31. The van der Waals surface area contributed by atoms with E-state index in [1.165, 1.54) is 19.3 Å². The number of carbonyl (C=O) groups is 1. The number of hydrogen-bond acceptors (Lipinski definition) is 1. The number of carbonyl (C=O) groups excluding carboxylic acids is 1. The van der Waals surface area contributed by atoms with Crippen molar-refractivity contribution in [3.05, 3.63) is 12.2 Å². The number of rotatable bonds is 1. The van der Waals surface area contributed by atoms with Gasteiger partial charge in [0.1, 0.15) is 0 Å². The molecular weight excluding hydrogens is 136 g/mol. The molecule has 1 saturated carbocycles. The molecule has 0 radical (unpaired) electrons. The van der Waals surface area contributed by atoms with Crippen molar-refractivity contribution in [1.29, 1.82) is 0 Å². The highest BCUT2D eigenvalue weighted by Crippen LogP contribution is 2.37. The lowest BCUT2D eigenvalue weighted by atomic mass is 9.71. The fourth-order valence-corrected chi connectivity index (χ4v) is 2.05. The molecule has 0 aromatic rings. The van der Waals surface area contributed by atoms with Gasteiger partial charge in [-0.2, -0.15) is 0 Å². The standard InChI is InChI=1S/C10H14O/c11-10-7-2-1-6-9(10)8-4-3-5-8/h2,7-9H,1,3-6H2. The van der Waals surface area contributed by atoms with Crippen molar-refractivity contribution in [3.63, 3.8) is 0 Å². The van der Waals surface area contributed by atoms with Crippen LogP contribution in [-0.4, -0.2) is 5.78 Å². The van der Waals surface area contributed by atoms with Crippen molar-refractivity contribution < 1.29 is 4.79 Å². The van der Waals surface area contributed by atoms with Crippen molar-refractivity contribution in [3.8, 4) is 0 Å². The second kappa shape index (κ2) is 2.80. The van der Waals surface area contributed by atoms with Gasteiger partial charge in [0.15, 0.2) is 5.78 Å². The van der Waals surface area contributed by atoms with Crippen LogP contribution in [0.3, 0.4) is 0 Å². The maximum atomic E-state index is 11.3. The molecule has 0 aliphatic heterocycles. The molecular formula is C10H14O. The molecule has 0 amide bonds. The monoisotopic (exact) mass is 150 g/mol. The Hall–Kier alpha value is -0.590. The van der Waals surface area contributed by atoms with E-state index in [9.17, 15) is 4.79 Å². The lowest BCUT2D eigenvalue weighted by Crippen LogP contribution is -2.29. The maximum absolute atomic E-state index is 11.3. The molecule has 2 aliphatic carbocycles. The van der Waals surface area contributed by atoms with Gasteiger partial charge in [0.05, 0.1) is 0 Å². The summed E-state index contributed by atoms with van der Waals surface area (Å²) in [5.41, 5.74) is 0. The number of ketones is 1. The van der Waals surface area contributed by atoms with E-state index in [1.54, 1.807) is 6.08 Å². The minimum atomic E-state index is 0.390. The molecule has 60 valence electrons. The summed E-state index contributed by atoms with van der Waals surface area (Å²) in [4.78, 5) is 11.3. The van der Waals surface area contributed by atoms with Crippen LogP contribution >= 0.6 is 0 Å². The van der Waals surface area contributed by atoms with Gasteiger partial charge in [0, 0.05) is 5.92 Å². The molecule has 1 atom stereocenters. The third kappa shape index (κ3) is 1.24. The Balaban J connectivity index is 2.01. The van der Waals surface area contributed by atoms with E-state index in [1.807, 2.05) is 6.08 Å². The molecule has 0 saturated heterocycles. The molecule has 11 heavy (non-hydrogen) atoms. The van der Waals surface area contributed by atoms with Gasteiger partial charge in [-0.15, -0.1) is 0 Å². The van der Waals surface area contributed by atoms with Crippen LogP contribution < -0.4 is 0 Å². The van der Waals surface area contributed by atoms with E-state index in [0.29, 0.717) is 11.7 Å². The van der Waals surface area contributed by atoms with Gasteiger partial charge in [-0.3, -0.25) is 4.79 Å². The van der Waals surface area contributed by atoms with Crippen molar-refractivity contribution in [2.75, 3.05) is 0 Å². The predicted molar refractivity (Wildman–Crippen MR) is 44.2 cm³/mol. The van der Waals surface area contributed by atoms with Crippen molar-refractivity contribution in [2.24, 2.45) is 11.8 Å². The molecule has 1 fully saturated rings. The van der Waals surface area contributed by atoms with Gasteiger partial charge < -0.3 is 0 Å². The Bertz CT molecular complexity index is 189. The highest BCUT2D eigenvalue weighted by molar-refractivity contribution is 5.92. The second-order valence-corrected chi connectivity index (χ2v) is 3.68. The van der Waals surface area contributed by atoms with Crippen molar-refractivity contribution in [2.45, 2.75) is 32.1 Å². The molecule has 0 N–H and O–H groups in total. The topological polar surface area (TPSA) is 17.1 Å². The molecule has 0 heterocycles. The molecule has 2 rings (SSSR count). The van der Waals surface area contributed by atoms with Crippen LogP contribution in [0.4, 0.5) is 0 Å². The van der Waals surface area contributed by atoms with Crippen LogP contribution in [0.1, 0.15) is 32.1 Å². The van der Waals surface area contributed by atoms with E-state index in [4.69, 9.17) is 0 Å². The Kier molecular flexibility index (Phi) is 1.80. The number of allylic oxidation sites excluding steroid dienone is 2. The smallest absolute Gasteiger partial charge is 0.158 e. The minimum Gasteiger partial charge on any atom is -0.295 e. The lowest BCUT2D eigenvalue weighted by molar-refractivity contribution is -0.121. The number of hydrogen-bond donors (Lipinski definition) is 0. The first-order valence-corrected chi connectivity index (χ1v) is 4.58. The van der Waals surface area contributed by atoms with Gasteiger partial charge in [-0.1, -0.05) is 12.5 Å².